The molecule has 2 aromatic carbocycles. The molecule has 0 bridgehead atoms. The second-order valence-corrected chi connectivity index (χ2v) is 9.20. The first-order chi connectivity index (χ1) is 15.2. The van der Waals surface area contributed by atoms with Crippen molar-refractivity contribution >= 4 is 29.0 Å². The van der Waals surface area contributed by atoms with Crippen molar-refractivity contribution < 1.29 is 4.79 Å². The number of aromatic nitrogens is 3. The summed E-state index contributed by atoms with van der Waals surface area (Å²) in [5.41, 5.74) is 2.24. The van der Waals surface area contributed by atoms with Gasteiger partial charge >= 0.3 is 0 Å². The van der Waals surface area contributed by atoms with Crippen molar-refractivity contribution in [2.24, 2.45) is 7.05 Å². The van der Waals surface area contributed by atoms with Gasteiger partial charge in [0, 0.05) is 31.4 Å². The summed E-state index contributed by atoms with van der Waals surface area (Å²) in [6.45, 7) is 1.16. The Bertz CT molecular complexity index is 1050. The molecule has 1 amide bonds. The molecule has 0 spiro atoms. The Morgan fingerprint density at radius 2 is 1.58 bits per heavy atom. The third-order valence-electron chi connectivity index (χ3n) is 4.95. The van der Waals surface area contributed by atoms with E-state index in [2.05, 4.69) is 45.9 Å². The molecule has 0 saturated heterocycles. The number of hydrogen-bond donors (Lipinski definition) is 0. The van der Waals surface area contributed by atoms with Crippen LogP contribution in [0.1, 0.15) is 21.8 Å². The van der Waals surface area contributed by atoms with Crippen molar-refractivity contribution in [2.45, 2.75) is 24.7 Å². The van der Waals surface area contributed by atoms with Crippen LogP contribution in [0.2, 0.25) is 0 Å². The second kappa shape index (κ2) is 10.4. The summed E-state index contributed by atoms with van der Waals surface area (Å²) >= 11 is 3.15. The number of benzene rings is 2. The lowest BCUT2D eigenvalue weighted by Gasteiger charge is -2.23. The van der Waals surface area contributed by atoms with Crippen LogP contribution < -0.4 is 0 Å². The lowest BCUT2D eigenvalue weighted by atomic mass is 10.1. The van der Waals surface area contributed by atoms with Gasteiger partial charge in [-0.2, -0.15) is 0 Å². The van der Waals surface area contributed by atoms with Gasteiger partial charge in [-0.25, -0.2) is 0 Å². The molecule has 0 aliphatic carbocycles. The van der Waals surface area contributed by atoms with Gasteiger partial charge in [-0.15, -0.1) is 21.5 Å². The maximum atomic E-state index is 13.1. The third kappa shape index (κ3) is 5.83. The van der Waals surface area contributed by atoms with Crippen molar-refractivity contribution in [1.29, 1.82) is 0 Å². The minimum atomic E-state index is 0.0838. The number of carbonyl (C=O) groups excluding carboxylic acids is 1. The number of thiophene rings is 1. The minimum absolute atomic E-state index is 0.0838. The van der Waals surface area contributed by atoms with E-state index < -0.39 is 0 Å². The Labute approximate surface area is 190 Å². The first-order valence-electron chi connectivity index (χ1n) is 10.1. The van der Waals surface area contributed by atoms with Crippen LogP contribution in [0, 0.1) is 0 Å². The highest BCUT2D eigenvalue weighted by atomic mass is 32.2. The molecule has 0 aliphatic rings. The monoisotopic (exact) mass is 448 g/mol. The summed E-state index contributed by atoms with van der Waals surface area (Å²) in [5.74, 6) is 1.31. The third-order valence-corrected chi connectivity index (χ3v) is 6.83. The van der Waals surface area contributed by atoms with Gasteiger partial charge in [0.2, 0.25) is 5.91 Å². The van der Waals surface area contributed by atoms with Gasteiger partial charge in [0.25, 0.3) is 0 Å². The fourth-order valence-corrected chi connectivity index (χ4v) is 4.79. The van der Waals surface area contributed by atoms with Crippen LogP contribution in [-0.4, -0.2) is 31.3 Å². The zero-order chi connectivity index (χ0) is 21.5. The zero-order valence-corrected chi connectivity index (χ0v) is 19.0. The van der Waals surface area contributed by atoms with Crippen LogP contribution in [0.3, 0.4) is 0 Å². The first-order valence-corrected chi connectivity index (χ1v) is 11.9. The van der Waals surface area contributed by atoms with E-state index in [4.69, 9.17) is 0 Å². The van der Waals surface area contributed by atoms with E-state index in [0.717, 1.165) is 28.5 Å². The lowest BCUT2D eigenvalue weighted by molar-refractivity contribution is -0.129. The summed E-state index contributed by atoms with van der Waals surface area (Å²) in [6, 6.07) is 24.3. The van der Waals surface area contributed by atoms with Crippen molar-refractivity contribution in [1.82, 2.24) is 19.7 Å². The highest BCUT2D eigenvalue weighted by Gasteiger charge is 2.18. The van der Waals surface area contributed by atoms with Gasteiger partial charge in [0.1, 0.15) is 5.82 Å². The molecule has 7 heteroatoms. The largest absolute Gasteiger partial charge is 0.333 e. The molecule has 4 aromatic rings. The van der Waals surface area contributed by atoms with Gasteiger partial charge in [0.05, 0.1) is 5.75 Å². The van der Waals surface area contributed by atoms with Crippen LogP contribution in [0.5, 0.6) is 0 Å². The molecule has 4 rings (SSSR count). The van der Waals surface area contributed by atoms with Crippen LogP contribution in [-0.2, 0) is 31.4 Å². The predicted octanol–water partition coefficient (Wildman–Crippen LogP) is 4.79. The van der Waals surface area contributed by atoms with Crippen LogP contribution in [0.4, 0.5) is 0 Å². The first kappa shape index (κ1) is 21.3. The molecule has 0 fully saturated rings. The molecule has 0 N–H and O–H groups in total. The van der Waals surface area contributed by atoms with E-state index in [9.17, 15) is 4.79 Å². The number of amides is 1. The van der Waals surface area contributed by atoms with Crippen LogP contribution in [0.25, 0.3) is 0 Å². The molecule has 0 unspecified atom stereocenters. The maximum absolute atomic E-state index is 13.1. The zero-order valence-electron chi connectivity index (χ0n) is 17.3. The van der Waals surface area contributed by atoms with E-state index in [1.165, 1.54) is 16.6 Å². The molecular formula is C24H24N4OS2. The highest BCUT2D eigenvalue weighted by Crippen LogP contribution is 2.20. The number of nitrogens with zero attached hydrogens (tertiary/aromatic N) is 4. The van der Waals surface area contributed by atoms with E-state index in [1.807, 2.05) is 59.0 Å². The average Bonchev–Trinajstić information content (AvgIpc) is 3.44. The Hall–Kier alpha value is -2.90. The summed E-state index contributed by atoms with van der Waals surface area (Å²) in [6.07, 6.45) is 0.754. The number of carbonyl (C=O) groups is 1. The van der Waals surface area contributed by atoms with Gasteiger partial charge in [-0.05, 0) is 22.6 Å². The minimum Gasteiger partial charge on any atom is -0.333 e. The molecule has 0 radical (unpaired) electrons. The van der Waals surface area contributed by atoms with E-state index in [0.29, 0.717) is 18.8 Å². The smallest absolute Gasteiger partial charge is 0.233 e. The van der Waals surface area contributed by atoms with Crippen LogP contribution >= 0.6 is 23.1 Å². The van der Waals surface area contributed by atoms with Gasteiger partial charge in [0.15, 0.2) is 5.16 Å². The Kier molecular flexibility index (Phi) is 7.17. The molecule has 2 aromatic heterocycles. The van der Waals surface area contributed by atoms with Crippen molar-refractivity contribution in [3.63, 3.8) is 0 Å². The molecule has 0 aliphatic heterocycles. The highest BCUT2D eigenvalue weighted by molar-refractivity contribution is 7.99. The van der Waals surface area contributed by atoms with Gasteiger partial charge in [-0.3, -0.25) is 4.79 Å². The molecule has 0 atom stereocenters. The van der Waals surface area contributed by atoms with Gasteiger partial charge < -0.3 is 9.47 Å². The topological polar surface area (TPSA) is 51.0 Å². The second-order valence-electron chi connectivity index (χ2n) is 7.22. The number of rotatable bonds is 9. The predicted molar refractivity (Wildman–Crippen MR) is 126 cm³/mol. The fourth-order valence-electron chi connectivity index (χ4n) is 3.25. The SMILES string of the molecule is Cn1c(Cc2cccs2)nnc1SCC(=O)N(Cc1ccccc1)Cc1ccccc1. The Morgan fingerprint density at radius 1 is 0.935 bits per heavy atom. The number of hydrogen-bond acceptors (Lipinski definition) is 5. The molecule has 158 valence electrons. The quantitative estimate of drug-likeness (QED) is 0.346. The number of thioether (sulfide) groups is 1. The molecule has 31 heavy (non-hydrogen) atoms. The fraction of sp³-hybridized carbons (Fsp3) is 0.208. The van der Waals surface area contributed by atoms with Crippen molar-refractivity contribution in [3.8, 4) is 0 Å². The summed E-state index contributed by atoms with van der Waals surface area (Å²) < 4.78 is 1.98. The standard InChI is InChI=1S/C24H24N4OS2/c1-27-22(15-21-13-8-14-30-21)25-26-24(27)31-18-23(29)28(16-19-9-4-2-5-10-19)17-20-11-6-3-7-12-20/h2-14H,15-18H2,1H3. The summed E-state index contributed by atoms with van der Waals surface area (Å²) in [4.78, 5) is 16.3. The molecule has 2 heterocycles. The normalized spacial score (nSPS) is 10.9. The van der Waals surface area contributed by atoms with E-state index in [-0.39, 0.29) is 5.91 Å². The molecular weight excluding hydrogens is 424 g/mol. The lowest BCUT2D eigenvalue weighted by Crippen LogP contribution is -2.31. The maximum Gasteiger partial charge on any atom is 0.233 e. The Morgan fingerprint density at radius 3 is 2.16 bits per heavy atom. The summed E-state index contributed by atoms with van der Waals surface area (Å²) in [5, 5.41) is 11.5. The van der Waals surface area contributed by atoms with Gasteiger partial charge in [-0.1, -0.05) is 78.5 Å². The average molecular weight is 449 g/mol. The Balaban J connectivity index is 1.42. The molecule has 0 saturated carbocycles. The van der Waals surface area contributed by atoms with E-state index in [1.54, 1.807) is 11.3 Å². The molecule has 5 nitrogen and oxygen atoms in total. The van der Waals surface area contributed by atoms with Crippen LogP contribution in [0.15, 0.2) is 83.3 Å². The summed E-state index contributed by atoms with van der Waals surface area (Å²) in [7, 11) is 1.96. The van der Waals surface area contributed by atoms with Crippen molar-refractivity contribution in [3.05, 3.63) is 100 Å². The van der Waals surface area contributed by atoms with E-state index >= 15 is 0 Å². The van der Waals surface area contributed by atoms with Crippen molar-refractivity contribution in [2.75, 3.05) is 5.75 Å².